The summed E-state index contributed by atoms with van der Waals surface area (Å²) in [7, 11) is 0. The number of nitrogen functional groups attached to an aromatic ring is 1. The number of aromatic nitrogens is 3. The molecule has 0 atom stereocenters. The summed E-state index contributed by atoms with van der Waals surface area (Å²) in [5.74, 6) is -0.422. The van der Waals surface area contributed by atoms with E-state index in [1.54, 1.807) is 30.5 Å². The van der Waals surface area contributed by atoms with Gasteiger partial charge in [-0.15, -0.1) is 0 Å². The molecule has 1 saturated carbocycles. The Labute approximate surface area is 175 Å². The predicted octanol–water partition coefficient (Wildman–Crippen LogP) is 3.31. The van der Waals surface area contributed by atoms with E-state index >= 15 is 0 Å². The average Bonchev–Trinajstić information content (AvgIpc) is 3.48. The highest BCUT2D eigenvalue weighted by Crippen LogP contribution is 2.35. The van der Waals surface area contributed by atoms with Gasteiger partial charge in [0.05, 0.1) is 33.7 Å². The number of benzene rings is 1. The Morgan fingerprint density at radius 2 is 2.00 bits per heavy atom. The van der Waals surface area contributed by atoms with Crippen molar-refractivity contribution < 1.29 is 9.53 Å². The second-order valence-corrected chi connectivity index (χ2v) is 7.24. The van der Waals surface area contributed by atoms with Crippen molar-refractivity contribution >= 4 is 40.6 Å². The third kappa shape index (κ3) is 4.03. The first-order chi connectivity index (χ1) is 13.9. The number of pyridine rings is 1. The van der Waals surface area contributed by atoms with Crippen molar-refractivity contribution in [2.45, 2.75) is 18.9 Å². The number of hydrogen-bond donors (Lipinski definition) is 2. The second kappa shape index (κ2) is 7.73. The quantitative estimate of drug-likeness (QED) is 0.640. The lowest BCUT2D eigenvalue weighted by atomic mass is 10.2. The minimum Gasteiger partial charge on any atom is -0.490 e. The number of hydrogen-bond acceptors (Lipinski definition) is 6. The fourth-order valence-corrected chi connectivity index (χ4v) is 3.34. The highest BCUT2D eigenvalue weighted by atomic mass is 35.5. The van der Waals surface area contributed by atoms with E-state index in [1.165, 1.54) is 12.5 Å². The van der Waals surface area contributed by atoms with Crippen LogP contribution in [-0.4, -0.2) is 26.5 Å². The lowest BCUT2D eigenvalue weighted by Crippen LogP contribution is -2.31. The molecule has 1 aromatic carbocycles. The molecule has 0 saturated heterocycles. The number of nitrogens with one attached hydrogen (secondary N) is 1. The van der Waals surface area contributed by atoms with E-state index in [9.17, 15) is 9.59 Å². The molecule has 0 aliphatic heterocycles. The number of carbonyl (C=O) groups excluding carboxylic acids is 1. The Bertz CT molecular complexity index is 1120. The van der Waals surface area contributed by atoms with Crippen molar-refractivity contribution in [1.82, 2.24) is 14.5 Å². The average molecular weight is 432 g/mol. The highest BCUT2D eigenvalue weighted by molar-refractivity contribution is 6.38. The summed E-state index contributed by atoms with van der Waals surface area (Å²) in [4.78, 5) is 33.5. The molecule has 2 aromatic heterocycles. The van der Waals surface area contributed by atoms with Crippen LogP contribution in [0.25, 0.3) is 5.69 Å². The van der Waals surface area contributed by atoms with Crippen molar-refractivity contribution in [2.75, 3.05) is 11.1 Å². The van der Waals surface area contributed by atoms with Gasteiger partial charge in [-0.2, -0.15) is 0 Å². The number of carbonyl (C=O) groups is 1. The van der Waals surface area contributed by atoms with E-state index in [1.807, 2.05) is 0 Å². The molecule has 8 nitrogen and oxygen atoms in total. The molecule has 1 aliphatic carbocycles. The molecule has 4 rings (SSSR count). The van der Waals surface area contributed by atoms with Crippen LogP contribution < -0.4 is 21.3 Å². The molecule has 1 fully saturated rings. The summed E-state index contributed by atoms with van der Waals surface area (Å²) < 4.78 is 6.78. The maximum atomic E-state index is 13.0. The monoisotopic (exact) mass is 431 g/mol. The molecule has 0 radical (unpaired) electrons. The number of nitrogens with zero attached hydrogens (tertiary/aromatic N) is 3. The van der Waals surface area contributed by atoms with E-state index < -0.39 is 11.5 Å². The number of anilines is 2. The molecule has 10 heteroatoms. The zero-order valence-corrected chi connectivity index (χ0v) is 16.4. The first kappa shape index (κ1) is 19.2. The lowest BCUT2D eigenvalue weighted by Gasteiger charge is -2.14. The fraction of sp³-hybridized carbons (Fsp3) is 0.158. The number of halogens is 2. The zero-order chi connectivity index (χ0) is 20.5. The maximum Gasteiger partial charge on any atom is 0.273 e. The maximum absolute atomic E-state index is 13.0. The number of nitrogens with two attached hydrogens (primary N) is 1. The third-order valence-electron chi connectivity index (χ3n) is 4.21. The van der Waals surface area contributed by atoms with Crippen LogP contribution in [0.1, 0.15) is 23.2 Å². The van der Waals surface area contributed by atoms with Crippen molar-refractivity contribution in [3.05, 3.63) is 68.9 Å². The van der Waals surface area contributed by atoms with Crippen LogP contribution >= 0.6 is 23.2 Å². The van der Waals surface area contributed by atoms with Crippen LogP contribution in [0.4, 0.5) is 11.5 Å². The summed E-state index contributed by atoms with van der Waals surface area (Å²) in [6, 6.07) is 6.41. The third-order valence-corrected chi connectivity index (χ3v) is 4.78. The molecule has 0 unspecified atom stereocenters. The van der Waals surface area contributed by atoms with E-state index in [2.05, 4.69) is 15.3 Å². The van der Waals surface area contributed by atoms with Gasteiger partial charge in [0.25, 0.3) is 11.5 Å². The first-order valence-corrected chi connectivity index (χ1v) is 9.44. The molecule has 0 bridgehead atoms. The van der Waals surface area contributed by atoms with Crippen molar-refractivity contribution in [2.24, 2.45) is 0 Å². The van der Waals surface area contributed by atoms with E-state index in [4.69, 9.17) is 33.7 Å². The van der Waals surface area contributed by atoms with Crippen molar-refractivity contribution in [3.8, 4) is 11.4 Å². The van der Waals surface area contributed by atoms with Gasteiger partial charge in [-0.1, -0.05) is 23.2 Å². The van der Waals surface area contributed by atoms with E-state index in [0.717, 1.165) is 17.4 Å². The Balaban J connectivity index is 1.73. The molecule has 0 spiro atoms. The van der Waals surface area contributed by atoms with Gasteiger partial charge in [-0.05, 0) is 25.0 Å². The van der Waals surface area contributed by atoms with E-state index in [0.29, 0.717) is 11.4 Å². The molecule has 2 heterocycles. The summed E-state index contributed by atoms with van der Waals surface area (Å²) in [5, 5.41) is 2.93. The number of amides is 1. The van der Waals surface area contributed by atoms with Gasteiger partial charge < -0.3 is 15.8 Å². The smallest absolute Gasteiger partial charge is 0.273 e. The molecule has 1 amide bonds. The molecular weight excluding hydrogens is 417 g/mol. The van der Waals surface area contributed by atoms with Crippen molar-refractivity contribution in [1.29, 1.82) is 0 Å². The van der Waals surface area contributed by atoms with Gasteiger partial charge in [0.1, 0.15) is 23.5 Å². The molecule has 3 aromatic rings. The molecule has 1 aliphatic rings. The Morgan fingerprint density at radius 1 is 1.28 bits per heavy atom. The summed E-state index contributed by atoms with van der Waals surface area (Å²) >= 11 is 12.7. The van der Waals surface area contributed by atoms with Crippen LogP contribution in [-0.2, 0) is 0 Å². The molecular formula is C19H15Cl2N5O3. The summed E-state index contributed by atoms with van der Waals surface area (Å²) in [6.07, 6.45) is 6.29. The minimum atomic E-state index is -0.719. The standard InChI is InChI=1S/C19H15Cl2N5O3/c20-13-6-12(29-11-3-4-11)7-14(21)16(13)26-9-24-17(22)15(19(26)28)18(27)25-10-2-1-5-23-8-10/h1-2,5-9,11H,3-4,22H2,(H,25,27). The first-order valence-electron chi connectivity index (χ1n) is 8.68. The van der Waals surface area contributed by atoms with Gasteiger partial charge in [0.15, 0.2) is 0 Å². The zero-order valence-electron chi connectivity index (χ0n) is 14.9. The van der Waals surface area contributed by atoms with Crippen LogP contribution in [0.15, 0.2) is 47.8 Å². The molecule has 148 valence electrons. The second-order valence-electron chi connectivity index (χ2n) is 6.43. The van der Waals surface area contributed by atoms with Gasteiger partial charge in [-0.3, -0.25) is 19.1 Å². The Hall–Kier alpha value is -3.10. The largest absolute Gasteiger partial charge is 0.490 e. The van der Waals surface area contributed by atoms with Crippen LogP contribution in [0, 0.1) is 0 Å². The number of ether oxygens (including phenoxy) is 1. The predicted molar refractivity (Wildman–Crippen MR) is 110 cm³/mol. The lowest BCUT2D eigenvalue weighted by molar-refractivity contribution is 0.102. The fourth-order valence-electron chi connectivity index (χ4n) is 2.69. The number of rotatable bonds is 5. The SMILES string of the molecule is Nc1ncn(-c2c(Cl)cc(OC3CC3)cc2Cl)c(=O)c1C(=O)Nc1cccnc1. The summed E-state index contributed by atoms with van der Waals surface area (Å²) in [5.41, 5.74) is 5.35. The minimum absolute atomic E-state index is 0.164. The van der Waals surface area contributed by atoms with Gasteiger partial charge >= 0.3 is 0 Å². The normalized spacial score (nSPS) is 13.2. The van der Waals surface area contributed by atoms with Crippen LogP contribution in [0.3, 0.4) is 0 Å². The Kier molecular flexibility index (Phi) is 5.12. The Morgan fingerprint density at radius 3 is 2.62 bits per heavy atom. The summed E-state index contributed by atoms with van der Waals surface area (Å²) in [6.45, 7) is 0. The molecule has 29 heavy (non-hydrogen) atoms. The van der Waals surface area contributed by atoms with Crippen molar-refractivity contribution in [3.63, 3.8) is 0 Å². The van der Waals surface area contributed by atoms with Gasteiger partial charge in [-0.25, -0.2) is 4.98 Å². The molecule has 3 N–H and O–H groups in total. The van der Waals surface area contributed by atoms with Crippen LogP contribution in [0.2, 0.25) is 10.0 Å². The van der Waals surface area contributed by atoms with Crippen LogP contribution in [0.5, 0.6) is 5.75 Å². The highest BCUT2D eigenvalue weighted by Gasteiger charge is 2.25. The van der Waals surface area contributed by atoms with Gasteiger partial charge in [0, 0.05) is 18.3 Å². The van der Waals surface area contributed by atoms with Gasteiger partial charge in [0.2, 0.25) is 0 Å². The van der Waals surface area contributed by atoms with E-state index in [-0.39, 0.29) is 33.2 Å². The topological polar surface area (TPSA) is 112 Å².